The number of anilines is 1. The fourth-order valence-electron chi connectivity index (χ4n) is 2.18. The van der Waals surface area contributed by atoms with Crippen LogP contribution < -0.4 is 10.2 Å². The quantitative estimate of drug-likeness (QED) is 0.794. The maximum atomic E-state index is 14.5. The van der Waals surface area contributed by atoms with E-state index in [0.717, 1.165) is 18.5 Å². The molecule has 0 fully saturated rings. The van der Waals surface area contributed by atoms with Gasteiger partial charge in [-0.15, -0.1) is 0 Å². The highest BCUT2D eigenvalue weighted by Gasteiger charge is 2.14. The molecule has 0 aliphatic carbocycles. The second kappa shape index (κ2) is 7.17. The van der Waals surface area contributed by atoms with Crippen LogP contribution in [0.1, 0.15) is 24.5 Å². The van der Waals surface area contributed by atoms with E-state index in [4.69, 9.17) is 0 Å². The number of pyridine rings is 1. The average molecular weight is 291 g/mol. The Morgan fingerprint density at radius 1 is 1.43 bits per heavy atom. The lowest BCUT2D eigenvalue weighted by Crippen LogP contribution is -2.21. The lowest BCUT2D eigenvalue weighted by molar-refractivity contribution is 0.577. The molecule has 2 aromatic rings. The summed E-state index contributed by atoms with van der Waals surface area (Å²) in [5, 5.41) is 7.33. The molecule has 0 aliphatic heterocycles. The molecule has 0 unspecified atom stereocenters. The van der Waals surface area contributed by atoms with Crippen molar-refractivity contribution in [2.45, 2.75) is 26.4 Å². The minimum Gasteiger partial charge on any atom is -0.353 e. The van der Waals surface area contributed by atoms with Crippen LogP contribution in [0.2, 0.25) is 0 Å². The van der Waals surface area contributed by atoms with Gasteiger partial charge in [0.15, 0.2) is 11.6 Å². The first kappa shape index (κ1) is 15.4. The SMILES string of the molecule is CCCNCc1ccnc(N(C)Cc2cnn(C)c2)c1F. The molecule has 0 radical (unpaired) electrons. The smallest absolute Gasteiger partial charge is 0.170 e. The average Bonchev–Trinajstić information content (AvgIpc) is 2.86. The Kier molecular flexibility index (Phi) is 5.27. The fourth-order valence-corrected chi connectivity index (χ4v) is 2.18. The molecule has 0 spiro atoms. The predicted molar refractivity (Wildman–Crippen MR) is 81.5 cm³/mol. The van der Waals surface area contributed by atoms with Gasteiger partial charge in [0, 0.05) is 50.7 Å². The van der Waals surface area contributed by atoms with Crippen molar-refractivity contribution in [3.8, 4) is 0 Å². The van der Waals surface area contributed by atoms with Crippen LogP contribution in [0.4, 0.5) is 10.2 Å². The summed E-state index contributed by atoms with van der Waals surface area (Å²) in [4.78, 5) is 5.97. The van der Waals surface area contributed by atoms with Gasteiger partial charge in [0.25, 0.3) is 0 Å². The van der Waals surface area contributed by atoms with E-state index in [1.807, 2.05) is 20.3 Å². The summed E-state index contributed by atoms with van der Waals surface area (Å²) in [7, 11) is 3.70. The molecule has 0 amide bonds. The molecule has 21 heavy (non-hydrogen) atoms. The first-order valence-electron chi connectivity index (χ1n) is 7.14. The number of aromatic nitrogens is 3. The molecule has 5 nitrogen and oxygen atoms in total. The van der Waals surface area contributed by atoms with Gasteiger partial charge >= 0.3 is 0 Å². The van der Waals surface area contributed by atoms with Gasteiger partial charge in [0.1, 0.15) is 0 Å². The minimum absolute atomic E-state index is 0.257. The first-order valence-corrected chi connectivity index (χ1v) is 7.14. The Balaban J connectivity index is 2.09. The number of rotatable bonds is 7. The third-order valence-corrected chi connectivity index (χ3v) is 3.23. The molecule has 2 heterocycles. The summed E-state index contributed by atoms with van der Waals surface area (Å²) in [5.74, 6) is 0.113. The molecule has 0 saturated heterocycles. The Labute approximate surface area is 124 Å². The van der Waals surface area contributed by atoms with Crippen molar-refractivity contribution in [3.63, 3.8) is 0 Å². The van der Waals surface area contributed by atoms with Gasteiger partial charge in [0.2, 0.25) is 0 Å². The summed E-state index contributed by atoms with van der Waals surface area (Å²) in [5.41, 5.74) is 1.67. The number of nitrogens with one attached hydrogen (secondary N) is 1. The Hall–Kier alpha value is -1.95. The van der Waals surface area contributed by atoms with Gasteiger partial charge in [-0.25, -0.2) is 9.37 Å². The normalized spacial score (nSPS) is 10.9. The Bertz CT molecular complexity index is 581. The Morgan fingerprint density at radius 2 is 2.24 bits per heavy atom. The van der Waals surface area contributed by atoms with Gasteiger partial charge in [-0.1, -0.05) is 6.92 Å². The summed E-state index contributed by atoms with van der Waals surface area (Å²) >= 11 is 0. The van der Waals surface area contributed by atoms with E-state index in [9.17, 15) is 4.39 Å². The van der Waals surface area contributed by atoms with Crippen molar-refractivity contribution in [2.75, 3.05) is 18.5 Å². The van der Waals surface area contributed by atoms with Crippen LogP contribution in [0.3, 0.4) is 0 Å². The van der Waals surface area contributed by atoms with Crippen LogP contribution >= 0.6 is 0 Å². The maximum Gasteiger partial charge on any atom is 0.170 e. The molecule has 0 aromatic carbocycles. The van der Waals surface area contributed by atoms with Crippen molar-refractivity contribution < 1.29 is 4.39 Å². The number of hydrogen-bond donors (Lipinski definition) is 1. The van der Waals surface area contributed by atoms with E-state index in [0.29, 0.717) is 24.5 Å². The molecular formula is C15H22FN5. The van der Waals surface area contributed by atoms with Gasteiger partial charge in [-0.2, -0.15) is 5.10 Å². The van der Waals surface area contributed by atoms with Crippen molar-refractivity contribution in [1.82, 2.24) is 20.1 Å². The van der Waals surface area contributed by atoms with Crippen molar-refractivity contribution in [2.24, 2.45) is 7.05 Å². The summed E-state index contributed by atoms with van der Waals surface area (Å²) in [6.07, 6.45) is 6.38. The number of aryl methyl sites for hydroxylation is 1. The van der Waals surface area contributed by atoms with Gasteiger partial charge in [-0.05, 0) is 19.0 Å². The summed E-state index contributed by atoms with van der Waals surface area (Å²) in [6.45, 7) is 4.06. The molecule has 2 aromatic heterocycles. The van der Waals surface area contributed by atoms with E-state index in [1.165, 1.54) is 0 Å². The Morgan fingerprint density at radius 3 is 2.90 bits per heavy atom. The van der Waals surface area contributed by atoms with Crippen LogP contribution in [0, 0.1) is 5.82 Å². The largest absolute Gasteiger partial charge is 0.353 e. The number of hydrogen-bond acceptors (Lipinski definition) is 4. The minimum atomic E-state index is -0.257. The first-order chi connectivity index (χ1) is 10.1. The molecule has 2 rings (SSSR count). The van der Waals surface area contributed by atoms with Crippen LogP contribution in [0.5, 0.6) is 0 Å². The van der Waals surface area contributed by atoms with Gasteiger partial charge in [0.05, 0.1) is 6.20 Å². The number of halogens is 1. The lowest BCUT2D eigenvalue weighted by Gasteiger charge is -2.19. The summed E-state index contributed by atoms with van der Waals surface area (Å²) in [6, 6.07) is 1.72. The van der Waals surface area contributed by atoms with E-state index in [-0.39, 0.29) is 5.82 Å². The van der Waals surface area contributed by atoms with E-state index >= 15 is 0 Å². The topological polar surface area (TPSA) is 46.0 Å². The monoisotopic (exact) mass is 291 g/mol. The molecule has 0 aliphatic rings. The zero-order valence-corrected chi connectivity index (χ0v) is 12.8. The lowest BCUT2D eigenvalue weighted by atomic mass is 10.2. The fraction of sp³-hybridized carbons (Fsp3) is 0.467. The van der Waals surface area contributed by atoms with Crippen LogP contribution in [0.15, 0.2) is 24.7 Å². The predicted octanol–water partition coefficient (Wildman–Crippen LogP) is 2.09. The third kappa shape index (κ3) is 4.01. The van der Waals surface area contributed by atoms with Gasteiger partial charge in [-0.3, -0.25) is 4.68 Å². The van der Waals surface area contributed by atoms with Crippen LogP contribution in [-0.2, 0) is 20.1 Å². The second-order valence-corrected chi connectivity index (χ2v) is 5.16. The van der Waals surface area contributed by atoms with Crippen molar-refractivity contribution >= 4 is 5.82 Å². The highest BCUT2D eigenvalue weighted by atomic mass is 19.1. The molecule has 0 atom stereocenters. The van der Waals surface area contributed by atoms with Crippen molar-refractivity contribution in [3.05, 3.63) is 41.6 Å². The molecule has 6 heteroatoms. The molecular weight excluding hydrogens is 269 g/mol. The zero-order valence-electron chi connectivity index (χ0n) is 12.8. The second-order valence-electron chi connectivity index (χ2n) is 5.16. The molecule has 114 valence electrons. The highest BCUT2D eigenvalue weighted by Crippen LogP contribution is 2.20. The third-order valence-electron chi connectivity index (χ3n) is 3.23. The van der Waals surface area contributed by atoms with Crippen LogP contribution in [0.25, 0.3) is 0 Å². The zero-order chi connectivity index (χ0) is 15.2. The summed E-state index contributed by atoms with van der Waals surface area (Å²) < 4.78 is 16.2. The van der Waals surface area contributed by atoms with E-state index < -0.39 is 0 Å². The molecule has 0 bridgehead atoms. The molecule has 1 N–H and O–H groups in total. The number of nitrogens with zero attached hydrogens (tertiary/aromatic N) is 4. The van der Waals surface area contributed by atoms with Gasteiger partial charge < -0.3 is 10.2 Å². The van der Waals surface area contributed by atoms with E-state index in [1.54, 1.807) is 28.0 Å². The maximum absolute atomic E-state index is 14.5. The van der Waals surface area contributed by atoms with Crippen LogP contribution in [-0.4, -0.2) is 28.4 Å². The highest BCUT2D eigenvalue weighted by molar-refractivity contribution is 5.42. The standard InChI is InChI=1S/C15H22FN5/c1-4-6-17-9-13-5-7-18-15(14(13)16)20(2)10-12-8-19-21(3)11-12/h5,7-8,11,17H,4,6,9-10H2,1-3H3. The molecule has 0 saturated carbocycles. The van der Waals surface area contributed by atoms with Crippen molar-refractivity contribution in [1.29, 1.82) is 0 Å². The van der Waals surface area contributed by atoms with E-state index in [2.05, 4.69) is 22.3 Å².